The van der Waals surface area contributed by atoms with Crippen molar-refractivity contribution < 1.29 is 9.53 Å². The van der Waals surface area contributed by atoms with E-state index >= 15 is 0 Å². The van der Waals surface area contributed by atoms with Gasteiger partial charge in [0, 0.05) is 23.9 Å². The Hall–Kier alpha value is -0.650. The van der Waals surface area contributed by atoms with E-state index in [1.165, 1.54) is 11.3 Å². The van der Waals surface area contributed by atoms with Crippen molar-refractivity contribution >= 4 is 28.8 Å². The summed E-state index contributed by atoms with van der Waals surface area (Å²) >= 11 is 7.16. The van der Waals surface area contributed by atoms with Gasteiger partial charge in [-0.2, -0.15) is 0 Å². The van der Waals surface area contributed by atoms with Crippen LogP contribution in [0.3, 0.4) is 0 Å². The number of carbonyl (C=O) groups is 1. The molecule has 18 heavy (non-hydrogen) atoms. The molecule has 1 aromatic heterocycles. The fraction of sp³-hybridized carbons (Fsp3) is 0.667. The van der Waals surface area contributed by atoms with Crippen LogP contribution in [0.1, 0.15) is 24.0 Å². The van der Waals surface area contributed by atoms with E-state index in [1.807, 2.05) is 12.3 Å². The van der Waals surface area contributed by atoms with Crippen molar-refractivity contribution in [2.45, 2.75) is 31.7 Å². The Kier molecular flexibility index (Phi) is 4.97. The van der Waals surface area contributed by atoms with Gasteiger partial charge in [0.25, 0.3) is 0 Å². The second-order valence-electron chi connectivity index (χ2n) is 4.52. The molecule has 0 aliphatic carbocycles. The number of amides is 1. The number of aromatic nitrogens is 1. The van der Waals surface area contributed by atoms with Gasteiger partial charge in [-0.1, -0.05) is 0 Å². The molecule has 2 unspecified atom stereocenters. The maximum atomic E-state index is 11.9. The fourth-order valence-corrected chi connectivity index (χ4v) is 3.02. The molecule has 0 spiro atoms. The number of thiazole rings is 1. The number of halogens is 1. The number of hydrogen-bond acceptors (Lipinski definition) is 4. The average molecular weight is 289 g/mol. The van der Waals surface area contributed by atoms with Crippen molar-refractivity contribution in [3.63, 3.8) is 0 Å². The molecule has 0 radical (unpaired) electrons. The second kappa shape index (κ2) is 6.50. The summed E-state index contributed by atoms with van der Waals surface area (Å²) in [7, 11) is 0. The first kappa shape index (κ1) is 13.8. The average Bonchev–Trinajstić information content (AvgIpc) is 2.98. The van der Waals surface area contributed by atoms with Crippen LogP contribution in [-0.4, -0.2) is 30.1 Å². The van der Waals surface area contributed by atoms with Crippen LogP contribution < -0.4 is 5.32 Å². The smallest absolute Gasteiger partial charge is 0.227 e. The van der Waals surface area contributed by atoms with Gasteiger partial charge >= 0.3 is 0 Å². The summed E-state index contributed by atoms with van der Waals surface area (Å²) in [6.07, 6.45) is 1.36. The molecule has 1 amide bonds. The van der Waals surface area contributed by atoms with Crippen LogP contribution in [0.2, 0.25) is 0 Å². The number of rotatable bonds is 5. The zero-order valence-electron chi connectivity index (χ0n) is 10.3. The molecule has 0 bridgehead atoms. The predicted octanol–water partition coefficient (Wildman–Crippen LogP) is 1.97. The topological polar surface area (TPSA) is 51.2 Å². The number of carbonyl (C=O) groups excluding carboxylic acids is 1. The lowest BCUT2D eigenvalue weighted by atomic mass is 10.0. The lowest BCUT2D eigenvalue weighted by Gasteiger charge is -2.18. The van der Waals surface area contributed by atoms with Crippen LogP contribution in [0, 0.1) is 5.92 Å². The van der Waals surface area contributed by atoms with Gasteiger partial charge in [-0.15, -0.1) is 22.9 Å². The molecule has 0 aromatic carbocycles. The predicted molar refractivity (Wildman–Crippen MR) is 71.9 cm³/mol. The van der Waals surface area contributed by atoms with Gasteiger partial charge in [0.15, 0.2) is 0 Å². The Morgan fingerprint density at radius 2 is 2.61 bits per heavy atom. The zero-order valence-corrected chi connectivity index (χ0v) is 11.9. The van der Waals surface area contributed by atoms with Crippen molar-refractivity contribution in [3.05, 3.63) is 16.1 Å². The summed E-state index contributed by atoms with van der Waals surface area (Å²) in [5, 5.41) is 5.72. The van der Waals surface area contributed by atoms with Crippen molar-refractivity contribution in [1.82, 2.24) is 10.3 Å². The number of nitrogens with zero attached hydrogens (tertiary/aromatic N) is 1. The summed E-state index contributed by atoms with van der Waals surface area (Å²) in [6.45, 7) is 3.58. The van der Waals surface area contributed by atoms with E-state index in [0.29, 0.717) is 18.2 Å². The maximum Gasteiger partial charge on any atom is 0.227 e. The molecule has 2 heterocycles. The monoisotopic (exact) mass is 288 g/mol. The quantitative estimate of drug-likeness (QED) is 0.843. The fourth-order valence-electron chi connectivity index (χ4n) is 2.00. The van der Waals surface area contributed by atoms with Crippen molar-refractivity contribution in [2.24, 2.45) is 5.92 Å². The highest BCUT2D eigenvalue weighted by Crippen LogP contribution is 2.17. The molecular formula is C12H17ClN2O2S. The van der Waals surface area contributed by atoms with E-state index in [0.717, 1.165) is 30.3 Å². The van der Waals surface area contributed by atoms with E-state index in [2.05, 4.69) is 10.3 Å². The molecule has 1 aliphatic rings. The Labute approximate surface area is 116 Å². The molecule has 0 saturated carbocycles. The molecular weight excluding hydrogens is 272 g/mol. The maximum absolute atomic E-state index is 11.9. The van der Waals surface area contributed by atoms with Crippen LogP contribution in [0.5, 0.6) is 0 Å². The van der Waals surface area contributed by atoms with Crippen LogP contribution in [0.25, 0.3) is 0 Å². The van der Waals surface area contributed by atoms with Crippen LogP contribution >= 0.6 is 22.9 Å². The third-order valence-electron chi connectivity index (χ3n) is 3.11. The third-order valence-corrected chi connectivity index (χ3v) is 4.28. The van der Waals surface area contributed by atoms with Crippen molar-refractivity contribution in [1.29, 1.82) is 0 Å². The van der Waals surface area contributed by atoms with E-state index < -0.39 is 0 Å². The van der Waals surface area contributed by atoms with Gasteiger partial charge in [0.2, 0.25) is 5.91 Å². The Bertz CT molecular complexity index is 405. The molecule has 1 saturated heterocycles. The van der Waals surface area contributed by atoms with Crippen LogP contribution in [0.4, 0.5) is 0 Å². The van der Waals surface area contributed by atoms with E-state index in [9.17, 15) is 4.79 Å². The normalized spacial score (nSPS) is 20.9. The molecule has 6 heteroatoms. The van der Waals surface area contributed by atoms with Gasteiger partial charge < -0.3 is 10.1 Å². The first-order valence-corrected chi connectivity index (χ1v) is 7.47. The molecule has 1 N–H and O–H groups in total. The number of ether oxygens (including phenoxy) is 1. The summed E-state index contributed by atoms with van der Waals surface area (Å²) in [5.74, 6) is 0.849. The Morgan fingerprint density at radius 1 is 1.78 bits per heavy atom. The minimum atomic E-state index is 0.0184. The minimum absolute atomic E-state index is 0.0184. The highest BCUT2D eigenvalue weighted by Gasteiger charge is 2.23. The molecule has 2 atom stereocenters. The lowest BCUT2D eigenvalue weighted by Crippen LogP contribution is -2.39. The van der Waals surface area contributed by atoms with Gasteiger partial charge in [0.1, 0.15) is 5.01 Å². The first-order chi connectivity index (χ1) is 8.69. The number of alkyl halides is 1. The molecule has 100 valence electrons. The van der Waals surface area contributed by atoms with Crippen LogP contribution in [0.15, 0.2) is 5.38 Å². The Morgan fingerprint density at radius 3 is 3.22 bits per heavy atom. The minimum Gasteiger partial charge on any atom is -0.381 e. The molecule has 1 fully saturated rings. The molecule has 2 rings (SSSR count). The van der Waals surface area contributed by atoms with E-state index in [4.69, 9.17) is 16.3 Å². The SMILES string of the molecule is CC(NC(=O)Cc1nc(CCl)cs1)C1CCOC1. The first-order valence-electron chi connectivity index (χ1n) is 6.05. The summed E-state index contributed by atoms with van der Waals surface area (Å²) in [5.41, 5.74) is 0.835. The Balaban J connectivity index is 1.80. The number of nitrogens with one attached hydrogen (secondary N) is 1. The van der Waals surface area contributed by atoms with E-state index in [1.54, 1.807) is 0 Å². The lowest BCUT2D eigenvalue weighted by molar-refractivity contribution is -0.121. The molecule has 4 nitrogen and oxygen atoms in total. The van der Waals surface area contributed by atoms with Gasteiger partial charge in [0.05, 0.1) is 24.6 Å². The highest BCUT2D eigenvalue weighted by atomic mass is 35.5. The van der Waals surface area contributed by atoms with Gasteiger partial charge in [-0.25, -0.2) is 4.98 Å². The highest BCUT2D eigenvalue weighted by molar-refractivity contribution is 7.09. The zero-order chi connectivity index (χ0) is 13.0. The molecule has 1 aromatic rings. The van der Waals surface area contributed by atoms with Crippen LogP contribution in [-0.2, 0) is 21.8 Å². The summed E-state index contributed by atoms with van der Waals surface area (Å²) < 4.78 is 5.32. The summed E-state index contributed by atoms with van der Waals surface area (Å²) in [6, 6.07) is 0.160. The third kappa shape index (κ3) is 3.67. The van der Waals surface area contributed by atoms with Gasteiger partial charge in [-0.05, 0) is 13.3 Å². The van der Waals surface area contributed by atoms with E-state index in [-0.39, 0.29) is 11.9 Å². The number of hydrogen-bond donors (Lipinski definition) is 1. The second-order valence-corrected chi connectivity index (χ2v) is 5.73. The standard InChI is InChI=1S/C12H17ClN2O2S/c1-8(9-2-3-17-6-9)14-11(16)4-12-15-10(5-13)7-18-12/h7-9H,2-6H2,1H3,(H,14,16). The van der Waals surface area contributed by atoms with Crippen molar-refractivity contribution in [2.75, 3.05) is 13.2 Å². The largest absolute Gasteiger partial charge is 0.381 e. The summed E-state index contributed by atoms with van der Waals surface area (Å²) in [4.78, 5) is 16.1. The molecule has 1 aliphatic heterocycles. The van der Waals surface area contributed by atoms with Crippen molar-refractivity contribution in [3.8, 4) is 0 Å². The van der Waals surface area contributed by atoms with Gasteiger partial charge in [-0.3, -0.25) is 4.79 Å².